The molecule has 0 unspecified atom stereocenters. The average molecular weight is 179 g/mol. The van der Waals surface area contributed by atoms with E-state index < -0.39 is 17.0 Å². The Kier molecular flexibility index (Phi) is 3.60. The van der Waals surface area contributed by atoms with E-state index in [0.29, 0.717) is 0 Å². The van der Waals surface area contributed by atoms with Gasteiger partial charge in [0.1, 0.15) is 5.03 Å². The van der Waals surface area contributed by atoms with Crippen LogP contribution >= 0.6 is 11.6 Å². The fourth-order valence-electron chi connectivity index (χ4n) is 0.529. The van der Waals surface area contributed by atoms with Gasteiger partial charge in [0.25, 0.3) is 0 Å². The Bertz CT molecular complexity index is 219. The summed E-state index contributed by atoms with van der Waals surface area (Å²) in [5.74, 6) is -2.70. The zero-order valence-corrected chi connectivity index (χ0v) is 6.55. The molecule has 0 atom stereocenters. The third-order valence-corrected chi connectivity index (χ3v) is 1.45. The summed E-state index contributed by atoms with van der Waals surface area (Å²) in [6.07, 6.45) is 0.0977. The molecule has 2 N–H and O–H groups in total. The van der Waals surface area contributed by atoms with Crippen LogP contribution in [0.2, 0.25) is 0 Å². The van der Waals surface area contributed by atoms with Crippen molar-refractivity contribution in [2.45, 2.75) is 13.3 Å². The van der Waals surface area contributed by atoms with Gasteiger partial charge in [-0.3, -0.25) is 0 Å². The molecule has 0 saturated carbocycles. The van der Waals surface area contributed by atoms with E-state index in [4.69, 9.17) is 21.8 Å². The van der Waals surface area contributed by atoms with E-state index in [9.17, 15) is 9.59 Å². The first-order valence-electron chi connectivity index (χ1n) is 2.86. The molecule has 0 fully saturated rings. The maximum Gasteiger partial charge on any atom is 0.347 e. The zero-order chi connectivity index (χ0) is 9.02. The minimum atomic E-state index is -1.41. The summed E-state index contributed by atoms with van der Waals surface area (Å²) in [5, 5.41) is 16.0. The lowest BCUT2D eigenvalue weighted by molar-refractivity contribution is -0.135. The van der Waals surface area contributed by atoms with Crippen molar-refractivity contribution in [2.24, 2.45) is 0 Å². The van der Waals surface area contributed by atoms with Crippen LogP contribution < -0.4 is 0 Å². The van der Waals surface area contributed by atoms with Crippen molar-refractivity contribution in [2.75, 3.05) is 0 Å². The minimum Gasteiger partial charge on any atom is -0.478 e. The maximum absolute atomic E-state index is 10.3. The second-order valence-corrected chi connectivity index (χ2v) is 2.13. The number of hydrogen-bond donors (Lipinski definition) is 2. The van der Waals surface area contributed by atoms with Gasteiger partial charge in [0.05, 0.1) is 5.57 Å². The number of carboxylic acids is 2. The second kappa shape index (κ2) is 3.98. The Balaban J connectivity index is 4.83. The molecule has 0 aliphatic rings. The molecule has 4 nitrogen and oxygen atoms in total. The lowest BCUT2D eigenvalue weighted by atomic mass is 10.2. The first-order valence-corrected chi connectivity index (χ1v) is 3.23. The standard InChI is InChI=1S/C6H7ClO4/c1-2-3(5(8)9)4(7)6(10)11/h2H2,1H3,(H,8,9)(H,10,11). The molecule has 0 rings (SSSR count). The molecular weight excluding hydrogens is 172 g/mol. The fourth-order valence-corrected chi connectivity index (χ4v) is 0.744. The monoisotopic (exact) mass is 178 g/mol. The smallest absolute Gasteiger partial charge is 0.347 e. The number of carbonyl (C=O) groups is 2. The van der Waals surface area contributed by atoms with E-state index in [1.54, 1.807) is 0 Å². The first-order chi connectivity index (χ1) is 5.00. The third kappa shape index (κ3) is 2.59. The Morgan fingerprint density at radius 1 is 1.27 bits per heavy atom. The van der Waals surface area contributed by atoms with Gasteiger partial charge in [-0.05, 0) is 6.42 Å². The Labute approximate surface area is 68.1 Å². The Hall–Kier alpha value is -1.03. The van der Waals surface area contributed by atoms with Gasteiger partial charge in [0.15, 0.2) is 0 Å². The lowest BCUT2D eigenvalue weighted by Gasteiger charge is -1.97. The minimum absolute atomic E-state index is 0.0977. The summed E-state index contributed by atoms with van der Waals surface area (Å²) in [7, 11) is 0. The van der Waals surface area contributed by atoms with Crippen LogP contribution in [0.5, 0.6) is 0 Å². The summed E-state index contributed by atoms with van der Waals surface area (Å²) >= 11 is 5.18. The number of carboxylic acid groups (broad SMARTS) is 2. The van der Waals surface area contributed by atoms with Crippen molar-refractivity contribution < 1.29 is 19.8 Å². The summed E-state index contributed by atoms with van der Waals surface area (Å²) in [6.45, 7) is 1.52. The molecule has 11 heavy (non-hydrogen) atoms. The predicted octanol–water partition coefficient (Wildman–Crippen LogP) is 1.06. The molecule has 0 bridgehead atoms. The molecule has 0 radical (unpaired) electrons. The zero-order valence-electron chi connectivity index (χ0n) is 5.80. The van der Waals surface area contributed by atoms with E-state index in [0.717, 1.165) is 0 Å². The lowest BCUT2D eigenvalue weighted by Crippen LogP contribution is -2.06. The summed E-state index contributed by atoms with van der Waals surface area (Å²) in [5.41, 5.74) is -0.279. The summed E-state index contributed by atoms with van der Waals surface area (Å²) < 4.78 is 0. The summed E-state index contributed by atoms with van der Waals surface area (Å²) in [4.78, 5) is 20.4. The van der Waals surface area contributed by atoms with Gasteiger partial charge in [-0.2, -0.15) is 0 Å². The van der Waals surface area contributed by atoms with Crippen molar-refractivity contribution in [3.63, 3.8) is 0 Å². The second-order valence-electron chi connectivity index (χ2n) is 1.76. The fraction of sp³-hybridized carbons (Fsp3) is 0.333. The van der Waals surface area contributed by atoms with Gasteiger partial charge in [-0.15, -0.1) is 0 Å². The number of halogens is 1. The quantitative estimate of drug-likeness (QED) is 0.634. The highest BCUT2D eigenvalue weighted by Gasteiger charge is 2.15. The highest BCUT2D eigenvalue weighted by molar-refractivity contribution is 6.42. The topological polar surface area (TPSA) is 74.6 Å². The van der Waals surface area contributed by atoms with E-state index in [-0.39, 0.29) is 12.0 Å². The predicted molar refractivity (Wildman–Crippen MR) is 38.4 cm³/mol. The van der Waals surface area contributed by atoms with E-state index in [1.165, 1.54) is 6.92 Å². The van der Waals surface area contributed by atoms with E-state index >= 15 is 0 Å². The molecule has 0 aromatic rings. The van der Waals surface area contributed by atoms with Crippen molar-refractivity contribution in [1.29, 1.82) is 0 Å². The highest BCUT2D eigenvalue weighted by Crippen LogP contribution is 2.12. The Morgan fingerprint density at radius 2 is 1.73 bits per heavy atom. The molecule has 0 aliphatic heterocycles. The number of rotatable bonds is 3. The molecular formula is C6H7ClO4. The van der Waals surface area contributed by atoms with Gasteiger partial charge in [0, 0.05) is 0 Å². The molecule has 0 saturated heterocycles. The van der Waals surface area contributed by atoms with Gasteiger partial charge in [0.2, 0.25) is 0 Å². The molecule has 0 heterocycles. The number of hydrogen-bond acceptors (Lipinski definition) is 2. The Morgan fingerprint density at radius 3 is 1.82 bits per heavy atom. The molecule has 0 spiro atoms. The highest BCUT2D eigenvalue weighted by atomic mass is 35.5. The van der Waals surface area contributed by atoms with Crippen LogP contribution in [0, 0.1) is 0 Å². The van der Waals surface area contributed by atoms with Crippen LogP contribution in [0.15, 0.2) is 10.6 Å². The molecule has 0 aliphatic carbocycles. The van der Waals surface area contributed by atoms with Crippen molar-refractivity contribution in [3.8, 4) is 0 Å². The van der Waals surface area contributed by atoms with Crippen molar-refractivity contribution in [1.82, 2.24) is 0 Å². The molecule has 62 valence electrons. The van der Waals surface area contributed by atoms with Crippen LogP contribution in [0.1, 0.15) is 13.3 Å². The van der Waals surface area contributed by atoms with Crippen molar-refractivity contribution >= 4 is 23.5 Å². The van der Waals surface area contributed by atoms with Crippen LogP contribution in [0.25, 0.3) is 0 Å². The van der Waals surface area contributed by atoms with Gasteiger partial charge in [-0.25, -0.2) is 9.59 Å². The third-order valence-electron chi connectivity index (χ3n) is 1.06. The van der Waals surface area contributed by atoms with Crippen LogP contribution in [-0.4, -0.2) is 22.2 Å². The largest absolute Gasteiger partial charge is 0.478 e. The average Bonchev–Trinajstić information content (AvgIpc) is 1.88. The van der Waals surface area contributed by atoms with Gasteiger partial charge < -0.3 is 10.2 Å². The van der Waals surface area contributed by atoms with Crippen LogP contribution in [0.4, 0.5) is 0 Å². The van der Waals surface area contributed by atoms with E-state index in [1.807, 2.05) is 0 Å². The molecule has 0 aromatic heterocycles. The van der Waals surface area contributed by atoms with Crippen LogP contribution in [0.3, 0.4) is 0 Å². The van der Waals surface area contributed by atoms with Crippen LogP contribution in [-0.2, 0) is 9.59 Å². The SMILES string of the molecule is CCC(C(=O)O)=C(Cl)C(=O)O. The maximum atomic E-state index is 10.3. The molecule has 5 heteroatoms. The van der Waals surface area contributed by atoms with E-state index in [2.05, 4.69) is 0 Å². The molecule has 0 amide bonds. The summed E-state index contributed by atoms with van der Waals surface area (Å²) in [6, 6.07) is 0. The molecule has 0 aromatic carbocycles. The van der Waals surface area contributed by atoms with Crippen molar-refractivity contribution in [3.05, 3.63) is 10.6 Å². The normalized spacial score (nSPS) is 12.2. The van der Waals surface area contributed by atoms with Gasteiger partial charge >= 0.3 is 11.9 Å². The van der Waals surface area contributed by atoms with Gasteiger partial charge in [-0.1, -0.05) is 18.5 Å². The number of aliphatic carboxylic acids is 2. The first kappa shape index (κ1) is 9.97.